The molecule has 20 heavy (non-hydrogen) atoms. The molecular formula is C18H20O2. The molecule has 2 rings (SSSR count). The second-order valence-electron chi connectivity index (χ2n) is 5.85. The number of benzene rings is 2. The van der Waals surface area contributed by atoms with E-state index in [1.807, 2.05) is 75.4 Å². The molecule has 0 spiro atoms. The number of rotatable bonds is 4. The summed E-state index contributed by atoms with van der Waals surface area (Å²) in [6.45, 7) is 6.23. The van der Waals surface area contributed by atoms with Crippen LogP contribution in [0, 0.1) is 5.41 Å². The topological polar surface area (TPSA) is 26.3 Å². The number of ketones is 1. The normalized spacial score (nSPS) is 11.2. The molecule has 0 atom stereocenters. The Morgan fingerprint density at radius 2 is 1.55 bits per heavy atom. The van der Waals surface area contributed by atoms with Gasteiger partial charge in [-0.2, -0.15) is 0 Å². The minimum Gasteiger partial charge on any atom is -0.488 e. The van der Waals surface area contributed by atoms with Crippen molar-refractivity contribution in [2.75, 3.05) is 0 Å². The Bertz CT molecular complexity index is 580. The Morgan fingerprint density at radius 1 is 0.950 bits per heavy atom. The van der Waals surface area contributed by atoms with E-state index in [4.69, 9.17) is 4.74 Å². The Kier molecular flexibility index (Phi) is 4.23. The molecule has 0 amide bonds. The van der Waals surface area contributed by atoms with Crippen molar-refractivity contribution in [1.29, 1.82) is 0 Å². The van der Waals surface area contributed by atoms with Crippen LogP contribution in [0.5, 0.6) is 5.75 Å². The highest BCUT2D eigenvalue weighted by Gasteiger charge is 2.25. The number of carbonyl (C=O) groups excluding carboxylic acids is 1. The Morgan fingerprint density at radius 3 is 2.20 bits per heavy atom. The number of carbonyl (C=O) groups is 1. The summed E-state index contributed by atoms with van der Waals surface area (Å²) in [5.74, 6) is 0.748. The van der Waals surface area contributed by atoms with Crippen LogP contribution in [0.1, 0.15) is 36.7 Å². The molecule has 2 heteroatoms. The first-order valence-electron chi connectivity index (χ1n) is 6.79. The second kappa shape index (κ2) is 5.91. The van der Waals surface area contributed by atoms with Gasteiger partial charge >= 0.3 is 0 Å². The SMILES string of the molecule is CC(C)(C)C(=O)c1ccccc1OCc1ccccc1. The number of hydrogen-bond acceptors (Lipinski definition) is 2. The highest BCUT2D eigenvalue weighted by Crippen LogP contribution is 2.27. The zero-order valence-corrected chi connectivity index (χ0v) is 12.2. The summed E-state index contributed by atoms with van der Waals surface area (Å²) in [6, 6.07) is 17.4. The molecule has 0 fully saturated rings. The molecule has 0 saturated carbocycles. The third kappa shape index (κ3) is 3.47. The Labute approximate surface area is 120 Å². The summed E-state index contributed by atoms with van der Waals surface area (Å²) >= 11 is 0. The minimum absolute atomic E-state index is 0.0983. The van der Waals surface area contributed by atoms with Crippen molar-refractivity contribution in [2.24, 2.45) is 5.41 Å². The number of ether oxygens (including phenoxy) is 1. The molecule has 2 aromatic rings. The van der Waals surface area contributed by atoms with E-state index in [1.165, 1.54) is 0 Å². The van der Waals surface area contributed by atoms with Gasteiger partial charge in [-0.05, 0) is 17.7 Å². The van der Waals surface area contributed by atoms with Crippen molar-refractivity contribution in [3.05, 3.63) is 65.7 Å². The summed E-state index contributed by atoms with van der Waals surface area (Å²) in [6.07, 6.45) is 0. The first-order valence-corrected chi connectivity index (χ1v) is 6.79. The monoisotopic (exact) mass is 268 g/mol. The Hall–Kier alpha value is -2.09. The van der Waals surface area contributed by atoms with Crippen LogP contribution in [0.3, 0.4) is 0 Å². The van der Waals surface area contributed by atoms with Gasteiger partial charge in [-0.1, -0.05) is 63.2 Å². The predicted octanol–water partition coefficient (Wildman–Crippen LogP) is 4.49. The maximum absolute atomic E-state index is 12.4. The molecule has 0 unspecified atom stereocenters. The molecule has 0 aromatic heterocycles. The van der Waals surface area contributed by atoms with E-state index in [0.29, 0.717) is 17.9 Å². The molecule has 0 N–H and O–H groups in total. The van der Waals surface area contributed by atoms with Crippen molar-refractivity contribution in [1.82, 2.24) is 0 Å². The lowest BCUT2D eigenvalue weighted by molar-refractivity contribution is 0.0853. The molecule has 0 bridgehead atoms. The quantitative estimate of drug-likeness (QED) is 0.763. The van der Waals surface area contributed by atoms with Crippen LogP contribution < -0.4 is 4.74 Å². The summed E-state index contributed by atoms with van der Waals surface area (Å²) in [7, 11) is 0. The van der Waals surface area contributed by atoms with Gasteiger partial charge in [-0.15, -0.1) is 0 Å². The Balaban J connectivity index is 2.19. The predicted molar refractivity (Wildman–Crippen MR) is 81.0 cm³/mol. The first-order chi connectivity index (χ1) is 9.48. The minimum atomic E-state index is -0.411. The van der Waals surface area contributed by atoms with E-state index in [0.717, 1.165) is 5.56 Å². The average Bonchev–Trinajstić information content (AvgIpc) is 2.45. The summed E-state index contributed by atoms with van der Waals surface area (Å²) < 4.78 is 5.82. The largest absolute Gasteiger partial charge is 0.488 e. The van der Waals surface area contributed by atoms with Gasteiger partial charge in [0.2, 0.25) is 0 Å². The standard InChI is InChI=1S/C18H20O2/c1-18(2,3)17(19)15-11-7-8-12-16(15)20-13-14-9-5-4-6-10-14/h4-12H,13H2,1-3H3. The molecule has 0 radical (unpaired) electrons. The lowest BCUT2D eigenvalue weighted by Crippen LogP contribution is -2.21. The average molecular weight is 268 g/mol. The fraction of sp³-hybridized carbons (Fsp3) is 0.278. The molecule has 2 nitrogen and oxygen atoms in total. The fourth-order valence-electron chi connectivity index (χ4n) is 1.92. The summed E-state index contributed by atoms with van der Waals surface area (Å²) in [4.78, 5) is 12.4. The van der Waals surface area contributed by atoms with Crippen LogP contribution in [0.2, 0.25) is 0 Å². The van der Waals surface area contributed by atoms with E-state index in [-0.39, 0.29) is 5.78 Å². The zero-order valence-electron chi connectivity index (χ0n) is 12.2. The molecule has 2 aromatic carbocycles. The van der Waals surface area contributed by atoms with E-state index < -0.39 is 5.41 Å². The van der Waals surface area contributed by atoms with E-state index in [1.54, 1.807) is 0 Å². The van der Waals surface area contributed by atoms with Gasteiger partial charge in [0.25, 0.3) is 0 Å². The van der Waals surface area contributed by atoms with Gasteiger partial charge in [0, 0.05) is 5.41 Å². The summed E-state index contributed by atoms with van der Waals surface area (Å²) in [5.41, 5.74) is 1.33. The third-order valence-electron chi connectivity index (χ3n) is 3.05. The lowest BCUT2D eigenvalue weighted by atomic mass is 9.86. The van der Waals surface area contributed by atoms with Crippen LogP contribution >= 0.6 is 0 Å². The van der Waals surface area contributed by atoms with Crippen molar-refractivity contribution < 1.29 is 9.53 Å². The van der Waals surface area contributed by atoms with Gasteiger partial charge in [0.1, 0.15) is 12.4 Å². The smallest absolute Gasteiger partial charge is 0.171 e. The second-order valence-corrected chi connectivity index (χ2v) is 5.85. The molecular weight excluding hydrogens is 248 g/mol. The first kappa shape index (κ1) is 14.3. The van der Waals surface area contributed by atoms with Gasteiger partial charge in [-0.3, -0.25) is 4.79 Å². The third-order valence-corrected chi connectivity index (χ3v) is 3.05. The zero-order chi connectivity index (χ0) is 14.6. The van der Waals surface area contributed by atoms with Gasteiger partial charge in [0.05, 0.1) is 5.56 Å². The number of Topliss-reactive ketones (excluding diaryl/α,β-unsaturated/α-hetero) is 1. The van der Waals surface area contributed by atoms with Crippen LogP contribution in [0.15, 0.2) is 54.6 Å². The van der Waals surface area contributed by atoms with Gasteiger partial charge in [-0.25, -0.2) is 0 Å². The van der Waals surface area contributed by atoms with Crippen molar-refractivity contribution in [2.45, 2.75) is 27.4 Å². The summed E-state index contributed by atoms with van der Waals surface area (Å²) in [5, 5.41) is 0. The fourth-order valence-corrected chi connectivity index (χ4v) is 1.92. The van der Waals surface area contributed by atoms with E-state index >= 15 is 0 Å². The molecule has 0 heterocycles. The van der Waals surface area contributed by atoms with Crippen molar-refractivity contribution in [3.63, 3.8) is 0 Å². The number of para-hydroxylation sites is 1. The van der Waals surface area contributed by atoms with Crippen LogP contribution in [0.25, 0.3) is 0 Å². The number of hydrogen-bond donors (Lipinski definition) is 0. The van der Waals surface area contributed by atoms with Crippen LogP contribution in [-0.4, -0.2) is 5.78 Å². The van der Waals surface area contributed by atoms with E-state index in [9.17, 15) is 4.79 Å². The van der Waals surface area contributed by atoms with Crippen LogP contribution in [0.4, 0.5) is 0 Å². The van der Waals surface area contributed by atoms with Gasteiger partial charge in [0.15, 0.2) is 5.78 Å². The highest BCUT2D eigenvalue weighted by molar-refractivity contribution is 6.02. The van der Waals surface area contributed by atoms with Gasteiger partial charge < -0.3 is 4.74 Å². The van der Waals surface area contributed by atoms with Crippen LogP contribution in [-0.2, 0) is 6.61 Å². The maximum atomic E-state index is 12.4. The molecule has 0 aliphatic rings. The van der Waals surface area contributed by atoms with Crippen molar-refractivity contribution >= 4 is 5.78 Å². The molecule has 0 aliphatic carbocycles. The highest BCUT2D eigenvalue weighted by atomic mass is 16.5. The van der Waals surface area contributed by atoms with Crippen molar-refractivity contribution in [3.8, 4) is 5.75 Å². The maximum Gasteiger partial charge on any atom is 0.171 e. The molecule has 104 valence electrons. The molecule has 0 saturated heterocycles. The molecule has 0 aliphatic heterocycles. The lowest BCUT2D eigenvalue weighted by Gasteiger charge is -2.19. The van der Waals surface area contributed by atoms with E-state index in [2.05, 4.69) is 0 Å².